The Labute approximate surface area is 646 Å². The Bertz CT molecular complexity index is 3810. The van der Waals surface area contributed by atoms with Gasteiger partial charge in [0.2, 0.25) is 0 Å². The molecule has 25 nitrogen and oxygen atoms in total. The third-order valence-corrected chi connectivity index (χ3v) is 19.0. The molecule has 25 heteroatoms. The molecule has 9 rings (SSSR count). The number of methoxy groups -OCH3 is 3. The van der Waals surface area contributed by atoms with E-state index in [0.29, 0.717) is 97.5 Å². The summed E-state index contributed by atoms with van der Waals surface area (Å²) in [6, 6.07) is 18.2. The Morgan fingerprint density at radius 3 is 1.45 bits per heavy atom. The summed E-state index contributed by atoms with van der Waals surface area (Å²) in [5.74, 6) is -3.68. The molecule has 5 aliphatic heterocycles. The van der Waals surface area contributed by atoms with Crippen LogP contribution in [0.5, 0.6) is 23.0 Å². The van der Waals surface area contributed by atoms with Gasteiger partial charge in [0.25, 0.3) is 0 Å². The lowest BCUT2D eigenvalue weighted by atomic mass is 9.94. The third-order valence-electron chi connectivity index (χ3n) is 19.0. The van der Waals surface area contributed by atoms with Crippen LogP contribution in [0.2, 0.25) is 0 Å². The second kappa shape index (κ2) is 44.7. The number of rotatable bonds is 19. The number of aryl methyl sites for hydroxylation is 3. The van der Waals surface area contributed by atoms with Crippen LogP contribution >= 0.6 is 0 Å². The van der Waals surface area contributed by atoms with Gasteiger partial charge >= 0.3 is 17.9 Å². The van der Waals surface area contributed by atoms with Crippen LogP contribution in [0.4, 0.5) is 0 Å². The van der Waals surface area contributed by atoms with Gasteiger partial charge in [-0.3, -0.25) is 9.59 Å². The molecule has 13 atom stereocenters. The van der Waals surface area contributed by atoms with Crippen molar-refractivity contribution in [1.29, 1.82) is 0 Å². The van der Waals surface area contributed by atoms with E-state index < -0.39 is 90.2 Å². The van der Waals surface area contributed by atoms with Gasteiger partial charge in [-0.1, -0.05) is 112 Å². The third kappa shape index (κ3) is 26.5. The van der Waals surface area contributed by atoms with Crippen molar-refractivity contribution in [2.75, 3.05) is 61.8 Å². The predicted octanol–water partition coefficient (Wildman–Crippen LogP) is 11.1. The SMILES string of the molecule is CO.COCOc1ccc(CCCO)c2c1C(=O)O[C@@H](C)[C@H](C)/C=C\C(=O)[C@H]1OC(C)(C)O[C@H]1CC=C2.COCOc1ccc(CCCOCc2ccc(OC)cc2)c2c1C(=O)O[C@@H](C)[C@H](C)/C=C\C(O)[C@H]1OC(C)(C)O[C@H]1CC=C2.C[C@@H]1/C=C\C(=O)[C@@H](O)[C@@H](O)C/C=C/c2c(CCCO)ccc(O)c2C(=O)O[C@H]1C. The largest absolute Gasteiger partial charge is 0.507 e. The number of aliphatic hydroxyl groups is 6. The average Bonchev–Trinajstić information content (AvgIpc) is 0.883. The number of phenols is 1. The molecule has 4 aromatic carbocycles. The summed E-state index contributed by atoms with van der Waals surface area (Å²) < 4.78 is 74.4. The molecule has 0 aromatic heterocycles. The van der Waals surface area contributed by atoms with Crippen molar-refractivity contribution in [3.8, 4) is 23.0 Å². The molecule has 5 aliphatic rings. The van der Waals surface area contributed by atoms with Gasteiger partial charge in [-0.15, -0.1) is 0 Å². The zero-order chi connectivity index (χ0) is 80.8. The van der Waals surface area contributed by atoms with Crippen molar-refractivity contribution in [3.05, 3.63) is 171 Å². The normalized spacial score (nSPS) is 26.5. The van der Waals surface area contributed by atoms with Crippen LogP contribution in [0, 0.1) is 17.8 Å². The molecule has 0 spiro atoms. The Balaban J connectivity index is 0.000000260. The smallest absolute Gasteiger partial charge is 0.342 e. The fourth-order valence-electron chi connectivity index (χ4n) is 12.5. The molecular weight excluding hydrogens is 1420 g/mol. The van der Waals surface area contributed by atoms with E-state index in [2.05, 4.69) is 0 Å². The van der Waals surface area contributed by atoms with Gasteiger partial charge in [0, 0.05) is 58.9 Å². The molecule has 0 saturated carbocycles. The maximum Gasteiger partial charge on any atom is 0.342 e. The molecule has 604 valence electrons. The fraction of sp³-hybridized carbons (Fsp3) is 0.518. The van der Waals surface area contributed by atoms with E-state index in [1.165, 1.54) is 44.6 Å². The first-order chi connectivity index (χ1) is 52.5. The van der Waals surface area contributed by atoms with Crippen LogP contribution in [0.25, 0.3) is 18.2 Å². The number of esters is 3. The molecule has 1 unspecified atom stereocenters. The predicted molar refractivity (Wildman–Crippen MR) is 412 cm³/mol. The first kappa shape index (κ1) is 90.6. The van der Waals surface area contributed by atoms with Crippen molar-refractivity contribution in [1.82, 2.24) is 0 Å². The van der Waals surface area contributed by atoms with Gasteiger partial charge in [0.1, 0.15) is 82.4 Å². The number of carbonyl (C=O) groups is 5. The van der Waals surface area contributed by atoms with Crippen LogP contribution in [0.3, 0.4) is 0 Å². The lowest BCUT2D eigenvalue weighted by molar-refractivity contribution is -0.152. The maximum absolute atomic E-state index is 13.7. The summed E-state index contributed by atoms with van der Waals surface area (Å²) in [4.78, 5) is 64.9. The zero-order valence-corrected chi connectivity index (χ0v) is 65.8. The number of aromatic hydroxyl groups is 1. The molecule has 0 bridgehead atoms. The Kier molecular flexibility index (Phi) is 36.8. The number of fused-ring (bicyclic) bond motifs is 5. The number of ketones is 2. The average molecular weight is 1540 g/mol. The molecule has 7 N–H and O–H groups in total. The van der Waals surface area contributed by atoms with Crippen molar-refractivity contribution in [2.24, 2.45) is 17.8 Å². The van der Waals surface area contributed by atoms with E-state index in [4.69, 9.17) is 71.8 Å². The Morgan fingerprint density at radius 2 is 0.936 bits per heavy atom. The topological polar surface area (TPSA) is 347 Å². The molecule has 110 heavy (non-hydrogen) atoms. The number of ether oxygens (including phenoxy) is 13. The minimum atomic E-state index is -1.57. The number of hydrogen-bond donors (Lipinski definition) is 7. The first-order valence-corrected chi connectivity index (χ1v) is 37.3. The molecular formula is C85H114O25. The van der Waals surface area contributed by atoms with Gasteiger partial charge < -0.3 is 97.3 Å². The molecule has 0 amide bonds. The van der Waals surface area contributed by atoms with Crippen molar-refractivity contribution in [2.45, 2.75) is 206 Å². The number of cyclic esters (lactones) is 3. The summed E-state index contributed by atoms with van der Waals surface area (Å²) in [6.07, 6.45) is 16.9. The maximum atomic E-state index is 13.7. The second-order valence-corrected chi connectivity index (χ2v) is 28.3. The van der Waals surface area contributed by atoms with Gasteiger partial charge in [-0.25, -0.2) is 14.4 Å². The van der Waals surface area contributed by atoms with E-state index in [1.807, 2.05) is 101 Å². The summed E-state index contributed by atoms with van der Waals surface area (Å²) >= 11 is 0. The molecule has 5 heterocycles. The first-order valence-electron chi connectivity index (χ1n) is 37.3. The molecule has 0 aliphatic carbocycles. The minimum Gasteiger partial charge on any atom is -0.507 e. The standard InChI is InChI=1S/C35H46O9.C27H36O8.C22H28O7.CH4O/c1-23-12-18-29(36)33-31(43-35(3,4)44-33)11-7-10-28-26(9-8-20-40-21-25-13-16-27(39-6)17-14-25)15-19-30(41-22-38-5)32(28)34(37)42-24(23)2;1-17-11-13-21(29)25-23(34-27(3,4)35-25)10-6-9-20-19(8-7-15-28)12-14-22(32-16-31-5)24(20)26(30)33-18(17)2;1-13-8-10-19(26)21(27)18(25)7-3-6-16-15(5-4-12-23)9-11-17(24)20(16)22(28)29-14(13)2;1-2/h7,10,12-19,23-24,29,31,33,36H,8-9,11,20-22H2,1-6H3;6,9,11-14,17-18,23,25,28H,7-8,10,15-16H2,1-5H3;3,6,8-11,13-14,18,21,23-25,27H,4-5,7,12H2,1-2H3;2H,1H3/b10-7?,18-12-;9-6?,13-11-;6-3+,10-8-;/t23-,24+,29?,31+,33-;17-,18+,23+,25-;13-,14+,18+,21+;/m111./s1. The lowest BCUT2D eigenvalue weighted by Gasteiger charge is -2.23. The van der Waals surface area contributed by atoms with Gasteiger partial charge in [0.05, 0.1) is 32.0 Å². The highest BCUT2D eigenvalue weighted by Gasteiger charge is 2.45. The molecule has 0 radical (unpaired) electrons. The van der Waals surface area contributed by atoms with Gasteiger partial charge in [-0.05, 0) is 188 Å². The number of hydrogen-bond acceptors (Lipinski definition) is 25. The summed E-state index contributed by atoms with van der Waals surface area (Å²) in [7, 11) is 5.68. The fourth-order valence-corrected chi connectivity index (χ4v) is 12.5. The highest BCUT2D eigenvalue weighted by Crippen LogP contribution is 2.38. The monoisotopic (exact) mass is 1530 g/mol. The van der Waals surface area contributed by atoms with E-state index in [1.54, 1.807) is 78.2 Å². The number of aliphatic hydroxyl groups excluding tert-OH is 6. The number of phenolic OH excluding ortho intramolecular Hbond substituents is 1. The van der Waals surface area contributed by atoms with E-state index >= 15 is 0 Å². The van der Waals surface area contributed by atoms with E-state index in [-0.39, 0.29) is 74.2 Å². The highest BCUT2D eigenvalue weighted by atomic mass is 16.8. The molecule has 4 aromatic rings. The minimum absolute atomic E-state index is 0.00268. The van der Waals surface area contributed by atoms with Crippen LogP contribution in [0.1, 0.15) is 178 Å². The molecule has 2 fully saturated rings. The number of carbonyl (C=O) groups excluding carboxylic acids is 5. The summed E-state index contributed by atoms with van der Waals surface area (Å²) in [6.45, 7) is 19.1. The Morgan fingerprint density at radius 1 is 0.491 bits per heavy atom. The van der Waals surface area contributed by atoms with Crippen LogP contribution in [0.15, 0.2) is 115 Å². The Hall–Kier alpha value is -8.25. The van der Waals surface area contributed by atoms with Gasteiger partial charge in [-0.2, -0.15) is 0 Å². The zero-order valence-electron chi connectivity index (χ0n) is 65.8. The lowest BCUT2D eigenvalue weighted by Crippen LogP contribution is -2.34. The van der Waals surface area contributed by atoms with E-state index in [0.717, 1.165) is 41.5 Å². The molecule has 2 saturated heterocycles. The van der Waals surface area contributed by atoms with Crippen molar-refractivity contribution < 1.29 is 121 Å². The quantitative estimate of drug-likeness (QED) is 0.0151. The van der Waals surface area contributed by atoms with Gasteiger partial charge in [0.15, 0.2) is 36.7 Å². The van der Waals surface area contributed by atoms with E-state index in [9.17, 15) is 49.5 Å². The summed E-state index contributed by atoms with van der Waals surface area (Å²) in [5, 5.41) is 67.0. The van der Waals surface area contributed by atoms with Crippen molar-refractivity contribution in [3.63, 3.8) is 0 Å². The van der Waals surface area contributed by atoms with Crippen LogP contribution in [-0.2, 0) is 82.8 Å². The number of benzene rings is 4. The second-order valence-electron chi connectivity index (χ2n) is 28.3. The van der Waals surface area contributed by atoms with Crippen LogP contribution in [-0.4, -0.2) is 200 Å². The highest BCUT2D eigenvalue weighted by molar-refractivity contribution is 5.99. The van der Waals surface area contributed by atoms with Crippen LogP contribution < -0.4 is 14.2 Å². The summed E-state index contributed by atoms with van der Waals surface area (Å²) in [5.41, 5.74) is 6.03. The van der Waals surface area contributed by atoms with Crippen molar-refractivity contribution >= 4 is 47.7 Å².